The molecule has 8 heteroatoms. The van der Waals surface area contributed by atoms with Gasteiger partial charge in [-0.2, -0.15) is 4.31 Å². The Morgan fingerprint density at radius 2 is 1.80 bits per heavy atom. The molecule has 1 N–H and O–H groups in total. The molecule has 1 aromatic rings. The molecule has 1 aliphatic heterocycles. The molecular formula is C12H13F2NO4S. The zero-order valence-corrected chi connectivity index (χ0v) is 11.2. The highest BCUT2D eigenvalue weighted by atomic mass is 32.2. The lowest BCUT2D eigenvalue weighted by atomic mass is 9.99. The summed E-state index contributed by atoms with van der Waals surface area (Å²) >= 11 is 0. The first kappa shape index (κ1) is 14.9. The van der Waals surface area contributed by atoms with Crippen molar-refractivity contribution >= 4 is 16.0 Å². The summed E-state index contributed by atoms with van der Waals surface area (Å²) in [5.74, 6) is -3.86. The van der Waals surface area contributed by atoms with Crippen molar-refractivity contribution in [3.05, 3.63) is 29.8 Å². The van der Waals surface area contributed by atoms with Gasteiger partial charge >= 0.3 is 5.97 Å². The van der Waals surface area contributed by atoms with Gasteiger partial charge in [0, 0.05) is 13.1 Å². The van der Waals surface area contributed by atoms with E-state index >= 15 is 0 Å². The highest BCUT2D eigenvalue weighted by Crippen LogP contribution is 2.24. The Morgan fingerprint density at radius 1 is 1.20 bits per heavy atom. The van der Waals surface area contributed by atoms with Gasteiger partial charge in [0.2, 0.25) is 10.0 Å². The molecule has 0 saturated carbocycles. The molecular weight excluding hydrogens is 292 g/mol. The summed E-state index contributed by atoms with van der Waals surface area (Å²) in [6, 6.07) is 2.39. The number of sulfonamides is 1. The molecule has 0 spiro atoms. The minimum atomic E-state index is -3.92. The minimum Gasteiger partial charge on any atom is -0.481 e. The number of piperidine rings is 1. The molecule has 0 amide bonds. The van der Waals surface area contributed by atoms with E-state index in [1.807, 2.05) is 0 Å². The maximum atomic E-state index is 13.1. The van der Waals surface area contributed by atoms with Gasteiger partial charge in [0.1, 0.15) is 0 Å². The van der Waals surface area contributed by atoms with Crippen molar-refractivity contribution in [1.82, 2.24) is 4.31 Å². The second-order valence-corrected chi connectivity index (χ2v) is 6.53. The molecule has 1 fully saturated rings. The number of carbonyl (C=O) groups is 1. The third kappa shape index (κ3) is 2.80. The van der Waals surface area contributed by atoms with Crippen LogP contribution in [0.2, 0.25) is 0 Å². The third-order valence-corrected chi connectivity index (χ3v) is 5.23. The summed E-state index contributed by atoms with van der Waals surface area (Å²) in [5.41, 5.74) is 0. The Morgan fingerprint density at radius 3 is 2.30 bits per heavy atom. The van der Waals surface area contributed by atoms with Crippen molar-refractivity contribution in [2.75, 3.05) is 13.1 Å². The molecule has 110 valence electrons. The molecule has 0 aromatic heterocycles. The first-order valence-corrected chi connectivity index (χ1v) is 7.44. The lowest BCUT2D eigenvalue weighted by Gasteiger charge is -2.29. The lowest BCUT2D eigenvalue weighted by molar-refractivity contribution is -0.142. The van der Waals surface area contributed by atoms with Crippen LogP contribution in [0.3, 0.4) is 0 Å². The fourth-order valence-corrected chi connectivity index (χ4v) is 3.61. The Balaban J connectivity index is 2.19. The Kier molecular flexibility index (Phi) is 4.05. The van der Waals surface area contributed by atoms with Gasteiger partial charge in [-0.3, -0.25) is 4.79 Å². The third-order valence-electron chi connectivity index (χ3n) is 3.33. The van der Waals surface area contributed by atoms with Crippen LogP contribution in [0.5, 0.6) is 0 Å². The average Bonchev–Trinajstić information content (AvgIpc) is 2.41. The molecule has 1 aromatic carbocycles. The van der Waals surface area contributed by atoms with Gasteiger partial charge < -0.3 is 5.11 Å². The molecule has 1 saturated heterocycles. The monoisotopic (exact) mass is 305 g/mol. The topological polar surface area (TPSA) is 74.7 Å². The van der Waals surface area contributed by atoms with Crippen molar-refractivity contribution in [3.63, 3.8) is 0 Å². The summed E-state index contributed by atoms with van der Waals surface area (Å²) < 4.78 is 51.5. The molecule has 0 bridgehead atoms. The maximum Gasteiger partial charge on any atom is 0.306 e. The zero-order chi connectivity index (χ0) is 14.9. The second-order valence-electron chi connectivity index (χ2n) is 4.59. The first-order chi connectivity index (χ1) is 9.32. The molecule has 0 aliphatic carbocycles. The summed E-state index contributed by atoms with van der Waals surface area (Å²) in [7, 11) is -3.92. The van der Waals surface area contributed by atoms with Crippen LogP contribution in [0.4, 0.5) is 8.78 Å². The van der Waals surface area contributed by atoms with E-state index in [-0.39, 0.29) is 30.8 Å². The molecule has 20 heavy (non-hydrogen) atoms. The number of nitrogens with zero attached hydrogens (tertiary/aromatic N) is 1. The van der Waals surface area contributed by atoms with E-state index in [1.54, 1.807) is 0 Å². The molecule has 1 aliphatic rings. The SMILES string of the molecule is O=C(O)C1CCN(S(=O)(=O)c2ccc(F)c(F)c2)CC1. The molecule has 0 unspecified atom stereocenters. The van der Waals surface area contributed by atoms with Gasteiger partial charge in [0.15, 0.2) is 11.6 Å². The van der Waals surface area contributed by atoms with Crippen molar-refractivity contribution in [1.29, 1.82) is 0 Å². The van der Waals surface area contributed by atoms with E-state index < -0.39 is 33.5 Å². The van der Waals surface area contributed by atoms with Crippen molar-refractivity contribution in [2.45, 2.75) is 17.7 Å². The highest BCUT2D eigenvalue weighted by molar-refractivity contribution is 7.89. The Hall–Kier alpha value is -1.54. The smallest absolute Gasteiger partial charge is 0.306 e. The van der Waals surface area contributed by atoms with E-state index in [0.717, 1.165) is 16.4 Å². The number of benzene rings is 1. The van der Waals surface area contributed by atoms with Gasteiger partial charge in [-0.15, -0.1) is 0 Å². The van der Waals surface area contributed by atoms with E-state index in [0.29, 0.717) is 6.07 Å². The number of aliphatic carboxylic acids is 1. The number of carboxylic acids is 1. The van der Waals surface area contributed by atoms with Crippen LogP contribution in [0.25, 0.3) is 0 Å². The quantitative estimate of drug-likeness (QED) is 0.917. The van der Waals surface area contributed by atoms with Crippen LogP contribution in [0.1, 0.15) is 12.8 Å². The van der Waals surface area contributed by atoms with Crippen molar-refractivity contribution in [2.24, 2.45) is 5.92 Å². The van der Waals surface area contributed by atoms with E-state index in [9.17, 15) is 22.0 Å². The van der Waals surface area contributed by atoms with E-state index in [2.05, 4.69) is 0 Å². The largest absolute Gasteiger partial charge is 0.481 e. The maximum absolute atomic E-state index is 13.1. The van der Waals surface area contributed by atoms with Gasteiger partial charge in [-0.1, -0.05) is 0 Å². The van der Waals surface area contributed by atoms with E-state index in [4.69, 9.17) is 5.11 Å². The fraction of sp³-hybridized carbons (Fsp3) is 0.417. The van der Waals surface area contributed by atoms with Crippen molar-refractivity contribution < 1.29 is 27.1 Å². The summed E-state index contributed by atoms with van der Waals surface area (Å²) in [6.07, 6.45) is 0.413. The number of hydrogen-bond acceptors (Lipinski definition) is 3. The number of rotatable bonds is 3. The van der Waals surface area contributed by atoms with Crippen LogP contribution in [0, 0.1) is 17.6 Å². The van der Waals surface area contributed by atoms with Gasteiger partial charge in [-0.05, 0) is 31.0 Å². The van der Waals surface area contributed by atoms with Crippen LogP contribution in [-0.2, 0) is 14.8 Å². The predicted octanol–water partition coefficient (Wildman–Crippen LogP) is 1.45. The normalized spacial score (nSPS) is 18.1. The summed E-state index contributed by atoms with van der Waals surface area (Å²) in [6.45, 7) is 0.108. The zero-order valence-electron chi connectivity index (χ0n) is 10.4. The number of hydrogen-bond donors (Lipinski definition) is 1. The minimum absolute atomic E-state index is 0.0539. The summed E-state index contributed by atoms with van der Waals surface area (Å²) in [4.78, 5) is 10.5. The van der Waals surface area contributed by atoms with Crippen LogP contribution < -0.4 is 0 Å². The van der Waals surface area contributed by atoms with Crippen LogP contribution >= 0.6 is 0 Å². The van der Waals surface area contributed by atoms with Gasteiger partial charge in [0.25, 0.3) is 0 Å². The fourth-order valence-electron chi connectivity index (χ4n) is 2.13. The Bertz CT molecular complexity index is 624. The van der Waals surface area contributed by atoms with Gasteiger partial charge in [0.05, 0.1) is 10.8 Å². The summed E-state index contributed by atoms with van der Waals surface area (Å²) in [5, 5.41) is 8.85. The number of carboxylic acid groups (broad SMARTS) is 1. The standard InChI is InChI=1S/C12H13F2NO4S/c13-10-2-1-9(7-11(10)14)20(18,19)15-5-3-8(4-6-15)12(16)17/h1-2,7-8H,3-6H2,(H,16,17). The molecule has 1 heterocycles. The second kappa shape index (κ2) is 5.45. The lowest BCUT2D eigenvalue weighted by Crippen LogP contribution is -2.40. The highest BCUT2D eigenvalue weighted by Gasteiger charge is 2.32. The number of halogens is 2. The average molecular weight is 305 g/mol. The predicted molar refractivity (Wildman–Crippen MR) is 65.5 cm³/mol. The van der Waals surface area contributed by atoms with Crippen LogP contribution in [-0.4, -0.2) is 36.9 Å². The molecule has 2 rings (SSSR count). The van der Waals surface area contributed by atoms with Gasteiger partial charge in [-0.25, -0.2) is 17.2 Å². The molecule has 0 radical (unpaired) electrons. The molecule has 5 nitrogen and oxygen atoms in total. The van der Waals surface area contributed by atoms with Crippen molar-refractivity contribution in [3.8, 4) is 0 Å². The van der Waals surface area contributed by atoms with Crippen LogP contribution in [0.15, 0.2) is 23.1 Å². The Labute approximate surface area is 114 Å². The molecule has 0 atom stereocenters. The first-order valence-electron chi connectivity index (χ1n) is 6.00. The van der Waals surface area contributed by atoms with E-state index in [1.165, 1.54) is 0 Å².